The fraction of sp³-hybridized carbons (Fsp3) is 0.556. The molecule has 0 fully saturated rings. The molecule has 0 bridgehead atoms. The first-order chi connectivity index (χ1) is 6.08. The lowest BCUT2D eigenvalue weighted by molar-refractivity contribution is 0.409. The Morgan fingerprint density at radius 2 is 2.08 bits per heavy atom. The summed E-state index contributed by atoms with van der Waals surface area (Å²) in [6.07, 6.45) is 0.846. The molecule has 0 radical (unpaired) electrons. The van der Waals surface area contributed by atoms with Gasteiger partial charge in [-0.05, 0) is 21.0 Å². The van der Waals surface area contributed by atoms with Crippen LogP contribution in [0.1, 0.15) is 11.5 Å². The van der Waals surface area contributed by atoms with Gasteiger partial charge in [-0.25, -0.2) is 9.97 Å². The average molecular weight is 180 g/mol. The lowest BCUT2D eigenvalue weighted by Crippen LogP contribution is -2.16. The standard InChI is InChI=1S/C9H16N4/c1-7-6-8(10)12-9(11-7)4-5-13(2)3/h6H,4-5H2,1-3H3,(H2,10,11,12). The molecule has 1 aromatic rings. The van der Waals surface area contributed by atoms with Crippen LogP contribution in [0, 0.1) is 6.92 Å². The van der Waals surface area contributed by atoms with Crippen LogP contribution in [-0.2, 0) is 6.42 Å². The van der Waals surface area contributed by atoms with Crippen LogP contribution in [0.4, 0.5) is 5.82 Å². The van der Waals surface area contributed by atoms with Crippen molar-refractivity contribution < 1.29 is 0 Å². The second kappa shape index (κ2) is 4.18. The van der Waals surface area contributed by atoms with Crippen LogP contribution in [-0.4, -0.2) is 35.5 Å². The Bertz CT molecular complexity index is 263. The number of nitrogens with zero attached hydrogens (tertiary/aromatic N) is 3. The maximum Gasteiger partial charge on any atom is 0.132 e. The number of nitrogens with two attached hydrogens (primary N) is 1. The molecule has 0 aliphatic carbocycles. The van der Waals surface area contributed by atoms with E-state index in [-0.39, 0.29) is 0 Å². The van der Waals surface area contributed by atoms with E-state index in [1.165, 1.54) is 0 Å². The Morgan fingerprint density at radius 1 is 1.38 bits per heavy atom. The van der Waals surface area contributed by atoms with E-state index in [1.807, 2.05) is 21.0 Å². The van der Waals surface area contributed by atoms with Crippen LogP contribution in [0.3, 0.4) is 0 Å². The van der Waals surface area contributed by atoms with Gasteiger partial charge in [0, 0.05) is 24.7 Å². The molecule has 0 aliphatic rings. The fourth-order valence-electron chi connectivity index (χ4n) is 1.09. The van der Waals surface area contributed by atoms with Gasteiger partial charge in [-0.2, -0.15) is 0 Å². The minimum absolute atomic E-state index is 0.557. The van der Waals surface area contributed by atoms with Gasteiger partial charge in [0.15, 0.2) is 0 Å². The summed E-state index contributed by atoms with van der Waals surface area (Å²) in [5.41, 5.74) is 6.53. The molecule has 13 heavy (non-hydrogen) atoms. The van der Waals surface area contributed by atoms with Gasteiger partial charge in [0.05, 0.1) is 0 Å². The number of likely N-dealkylation sites (N-methyl/N-ethyl adjacent to an activating group) is 1. The summed E-state index contributed by atoms with van der Waals surface area (Å²) in [7, 11) is 4.05. The third kappa shape index (κ3) is 3.38. The molecule has 0 saturated carbocycles. The molecule has 0 aliphatic heterocycles. The third-order valence-electron chi connectivity index (χ3n) is 1.70. The van der Waals surface area contributed by atoms with E-state index >= 15 is 0 Å². The van der Waals surface area contributed by atoms with Crippen molar-refractivity contribution in [3.63, 3.8) is 0 Å². The monoisotopic (exact) mass is 180 g/mol. The maximum absolute atomic E-state index is 5.60. The SMILES string of the molecule is Cc1cc(N)nc(CCN(C)C)n1. The average Bonchev–Trinajstić information content (AvgIpc) is 1.99. The predicted molar refractivity (Wildman–Crippen MR) is 53.4 cm³/mol. The van der Waals surface area contributed by atoms with Crippen LogP contribution in [0.5, 0.6) is 0 Å². The number of aromatic nitrogens is 2. The summed E-state index contributed by atoms with van der Waals surface area (Å²) in [6.45, 7) is 2.88. The first-order valence-corrected chi connectivity index (χ1v) is 4.32. The molecule has 0 saturated heterocycles. The minimum Gasteiger partial charge on any atom is -0.384 e. The molecule has 2 N–H and O–H groups in total. The van der Waals surface area contributed by atoms with E-state index < -0.39 is 0 Å². The number of aryl methyl sites for hydroxylation is 1. The first kappa shape index (κ1) is 9.92. The smallest absolute Gasteiger partial charge is 0.132 e. The summed E-state index contributed by atoms with van der Waals surface area (Å²) < 4.78 is 0. The topological polar surface area (TPSA) is 55.0 Å². The Kier molecular flexibility index (Phi) is 3.19. The number of rotatable bonds is 3. The first-order valence-electron chi connectivity index (χ1n) is 4.32. The van der Waals surface area contributed by atoms with Crippen LogP contribution in [0.25, 0.3) is 0 Å². The molecule has 1 rings (SSSR count). The second-order valence-electron chi connectivity index (χ2n) is 3.40. The summed E-state index contributed by atoms with van der Waals surface area (Å²) in [6, 6.07) is 1.78. The molecule has 0 spiro atoms. The highest BCUT2D eigenvalue weighted by Crippen LogP contribution is 2.02. The summed E-state index contributed by atoms with van der Waals surface area (Å²) in [4.78, 5) is 10.5. The van der Waals surface area contributed by atoms with Crippen LogP contribution >= 0.6 is 0 Å². The molecule has 72 valence electrons. The zero-order chi connectivity index (χ0) is 9.84. The Morgan fingerprint density at radius 3 is 2.62 bits per heavy atom. The second-order valence-corrected chi connectivity index (χ2v) is 3.40. The van der Waals surface area contributed by atoms with Gasteiger partial charge in [-0.3, -0.25) is 0 Å². The molecule has 4 nitrogen and oxygen atoms in total. The number of anilines is 1. The van der Waals surface area contributed by atoms with Gasteiger partial charge in [0.2, 0.25) is 0 Å². The minimum atomic E-state index is 0.557. The van der Waals surface area contributed by atoms with E-state index in [4.69, 9.17) is 5.73 Å². The van der Waals surface area contributed by atoms with Gasteiger partial charge >= 0.3 is 0 Å². The molecular weight excluding hydrogens is 164 g/mol. The molecule has 0 aromatic carbocycles. The van der Waals surface area contributed by atoms with E-state index in [0.717, 1.165) is 24.5 Å². The maximum atomic E-state index is 5.60. The molecule has 0 atom stereocenters. The molecule has 1 heterocycles. The van der Waals surface area contributed by atoms with E-state index in [9.17, 15) is 0 Å². The molecule has 1 aromatic heterocycles. The Hall–Kier alpha value is -1.16. The molecule has 0 amide bonds. The zero-order valence-electron chi connectivity index (χ0n) is 8.41. The van der Waals surface area contributed by atoms with Crippen molar-refractivity contribution in [3.05, 3.63) is 17.6 Å². The van der Waals surface area contributed by atoms with Crippen LogP contribution in [0.2, 0.25) is 0 Å². The Labute approximate surface area is 78.8 Å². The molecular formula is C9H16N4. The van der Waals surface area contributed by atoms with E-state index in [2.05, 4.69) is 14.9 Å². The van der Waals surface area contributed by atoms with E-state index in [0.29, 0.717) is 5.82 Å². The van der Waals surface area contributed by atoms with Crippen molar-refractivity contribution in [2.75, 3.05) is 26.4 Å². The number of nitrogen functional groups attached to an aromatic ring is 1. The molecule has 4 heteroatoms. The summed E-state index contributed by atoms with van der Waals surface area (Å²) in [5.74, 6) is 1.38. The summed E-state index contributed by atoms with van der Waals surface area (Å²) >= 11 is 0. The predicted octanol–water partition coefficient (Wildman–Crippen LogP) is 0.471. The van der Waals surface area contributed by atoms with Gasteiger partial charge in [-0.15, -0.1) is 0 Å². The molecule has 0 unspecified atom stereocenters. The zero-order valence-corrected chi connectivity index (χ0v) is 8.41. The summed E-state index contributed by atoms with van der Waals surface area (Å²) in [5, 5.41) is 0. The van der Waals surface area contributed by atoms with Gasteiger partial charge in [0.1, 0.15) is 11.6 Å². The number of hydrogen-bond acceptors (Lipinski definition) is 4. The highest BCUT2D eigenvalue weighted by atomic mass is 15.1. The van der Waals surface area contributed by atoms with Crippen molar-refractivity contribution in [2.45, 2.75) is 13.3 Å². The van der Waals surface area contributed by atoms with Crippen molar-refractivity contribution in [2.24, 2.45) is 0 Å². The van der Waals surface area contributed by atoms with Gasteiger partial charge in [0.25, 0.3) is 0 Å². The third-order valence-corrected chi connectivity index (χ3v) is 1.70. The lowest BCUT2D eigenvalue weighted by Gasteiger charge is -2.08. The highest BCUT2D eigenvalue weighted by Gasteiger charge is 2.00. The van der Waals surface area contributed by atoms with Crippen LogP contribution in [0.15, 0.2) is 6.07 Å². The van der Waals surface area contributed by atoms with Gasteiger partial charge in [-0.1, -0.05) is 0 Å². The van der Waals surface area contributed by atoms with Crippen molar-refractivity contribution in [1.29, 1.82) is 0 Å². The normalized spacial score (nSPS) is 10.8. The van der Waals surface area contributed by atoms with Crippen molar-refractivity contribution in [1.82, 2.24) is 14.9 Å². The van der Waals surface area contributed by atoms with Gasteiger partial charge < -0.3 is 10.6 Å². The highest BCUT2D eigenvalue weighted by molar-refractivity contribution is 5.29. The van der Waals surface area contributed by atoms with Crippen molar-refractivity contribution >= 4 is 5.82 Å². The largest absolute Gasteiger partial charge is 0.384 e. The van der Waals surface area contributed by atoms with Crippen molar-refractivity contribution in [3.8, 4) is 0 Å². The lowest BCUT2D eigenvalue weighted by atomic mass is 10.3. The number of hydrogen-bond donors (Lipinski definition) is 1. The Balaban J connectivity index is 2.66. The quantitative estimate of drug-likeness (QED) is 0.734. The fourth-order valence-corrected chi connectivity index (χ4v) is 1.09. The van der Waals surface area contributed by atoms with Crippen LogP contribution < -0.4 is 5.73 Å². The van der Waals surface area contributed by atoms with E-state index in [1.54, 1.807) is 6.07 Å².